The van der Waals surface area contributed by atoms with Gasteiger partial charge in [-0.05, 0) is 89.9 Å². The predicted octanol–water partition coefficient (Wildman–Crippen LogP) is 13.8. The van der Waals surface area contributed by atoms with E-state index in [0.29, 0.717) is 19.4 Å². The first-order valence-electron chi connectivity index (χ1n) is 21.1. The van der Waals surface area contributed by atoms with Gasteiger partial charge in [0.15, 0.2) is 6.10 Å². The Hall–Kier alpha value is -2.92. The average molecular weight is 723 g/mol. The van der Waals surface area contributed by atoms with Crippen LogP contribution in [0.15, 0.2) is 85.1 Å². The van der Waals surface area contributed by atoms with Crippen molar-refractivity contribution in [1.29, 1.82) is 0 Å². The zero-order valence-electron chi connectivity index (χ0n) is 33.8. The standard InChI is InChI=1S/C47H78O5/c1-4-7-10-13-16-18-20-22-24-25-27-29-32-34-37-40-46(48)51-44-45(52-47(49)41-38-35-31-15-12-9-6-3)43-50-42-39-36-33-30-28-26-23-21-19-17-14-11-8-5-2/h7-8,10-11,16-19,22-24,26-27,29,45H,4-6,9,12-15,20-21,25,28,30-44H2,1-3H3/b10-7-,11-8-,18-16-,19-17-,24-22-,26-23-,29-27-. The molecule has 1 atom stereocenters. The first-order chi connectivity index (χ1) is 25.6. The Bertz CT molecular complexity index is 999. The Morgan fingerprint density at radius 2 is 0.865 bits per heavy atom. The van der Waals surface area contributed by atoms with Crippen molar-refractivity contribution in [3.63, 3.8) is 0 Å². The molecule has 0 N–H and O–H groups in total. The van der Waals surface area contributed by atoms with Crippen LogP contribution in [0.25, 0.3) is 0 Å². The van der Waals surface area contributed by atoms with Gasteiger partial charge in [0.1, 0.15) is 6.61 Å². The van der Waals surface area contributed by atoms with Gasteiger partial charge in [0.25, 0.3) is 0 Å². The van der Waals surface area contributed by atoms with Crippen LogP contribution >= 0.6 is 0 Å². The van der Waals surface area contributed by atoms with Gasteiger partial charge >= 0.3 is 11.9 Å². The Kier molecular flexibility index (Phi) is 40.1. The lowest BCUT2D eigenvalue weighted by Gasteiger charge is -2.18. The lowest BCUT2D eigenvalue weighted by Crippen LogP contribution is -2.30. The maximum absolute atomic E-state index is 12.6. The molecule has 0 amide bonds. The van der Waals surface area contributed by atoms with E-state index in [0.717, 1.165) is 103 Å². The minimum absolute atomic E-state index is 0.0510. The highest BCUT2D eigenvalue weighted by atomic mass is 16.6. The molecule has 5 heteroatoms. The van der Waals surface area contributed by atoms with Crippen molar-refractivity contribution >= 4 is 11.9 Å². The van der Waals surface area contributed by atoms with Crippen LogP contribution in [0.4, 0.5) is 0 Å². The SMILES string of the molecule is CC/C=C\C/C=C\C/C=C\C/C=C\CCCCC(=O)OCC(COCCCCCC/C=C\C/C=C\C/C=C\CC)OC(=O)CCCCCCCCC. The fraction of sp³-hybridized carbons (Fsp3) is 0.660. The molecule has 0 saturated carbocycles. The quantitative estimate of drug-likeness (QED) is 0.0363. The zero-order valence-corrected chi connectivity index (χ0v) is 33.8. The number of unbranched alkanes of at least 4 members (excludes halogenated alkanes) is 12. The average Bonchev–Trinajstić information content (AvgIpc) is 3.14. The molecular weight excluding hydrogens is 645 g/mol. The summed E-state index contributed by atoms with van der Waals surface area (Å²) in [4.78, 5) is 25.0. The molecule has 0 radical (unpaired) electrons. The summed E-state index contributed by atoms with van der Waals surface area (Å²) in [5.74, 6) is -0.472. The first-order valence-corrected chi connectivity index (χ1v) is 21.1. The fourth-order valence-electron chi connectivity index (χ4n) is 5.34. The molecule has 0 aliphatic rings. The summed E-state index contributed by atoms with van der Waals surface area (Å²) in [7, 11) is 0. The molecule has 0 heterocycles. The third-order valence-corrected chi connectivity index (χ3v) is 8.43. The molecule has 1 unspecified atom stereocenters. The number of allylic oxidation sites excluding steroid dienone is 14. The second kappa shape index (κ2) is 42.5. The minimum Gasteiger partial charge on any atom is -0.462 e. The van der Waals surface area contributed by atoms with E-state index in [1.54, 1.807) is 0 Å². The summed E-state index contributed by atoms with van der Waals surface area (Å²) in [6.45, 7) is 7.45. The predicted molar refractivity (Wildman–Crippen MR) is 223 cm³/mol. The molecule has 0 aromatic rings. The summed E-state index contributed by atoms with van der Waals surface area (Å²) in [5.41, 5.74) is 0. The van der Waals surface area contributed by atoms with Crippen molar-refractivity contribution in [3.8, 4) is 0 Å². The van der Waals surface area contributed by atoms with E-state index in [-0.39, 0.29) is 25.2 Å². The highest BCUT2D eigenvalue weighted by Crippen LogP contribution is 2.11. The van der Waals surface area contributed by atoms with Crippen molar-refractivity contribution in [2.75, 3.05) is 19.8 Å². The number of hydrogen-bond donors (Lipinski definition) is 0. The van der Waals surface area contributed by atoms with Gasteiger partial charge in [-0.25, -0.2) is 0 Å². The van der Waals surface area contributed by atoms with Crippen molar-refractivity contribution in [3.05, 3.63) is 85.1 Å². The van der Waals surface area contributed by atoms with Crippen LogP contribution in [-0.4, -0.2) is 37.9 Å². The van der Waals surface area contributed by atoms with Gasteiger partial charge in [-0.15, -0.1) is 0 Å². The van der Waals surface area contributed by atoms with Gasteiger partial charge in [0, 0.05) is 19.4 Å². The second-order valence-corrected chi connectivity index (χ2v) is 13.5. The van der Waals surface area contributed by atoms with E-state index >= 15 is 0 Å². The van der Waals surface area contributed by atoms with E-state index in [4.69, 9.17) is 14.2 Å². The number of rotatable bonds is 37. The molecule has 0 aliphatic heterocycles. The third kappa shape index (κ3) is 39.9. The Morgan fingerprint density at radius 3 is 1.42 bits per heavy atom. The molecule has 0 fully saturated rings. The smallest absolute Gasteiger partial charge is 0.306 e. The molecule has 0 spiro atoms. The highest BCUT2D eigenvalue weighted by molar-refractivity contribution is 5.70. The molecule has 0 rings (SSSR count). The lowest BCUT2D eigenvalue weighted by atomic mass is 10.1. The molecule has 0 aromatic carbocycles. The topological polar surface area (TPSA) is 61.8 Å². The van der Waals surface area contributed by atoms with Gasteiger partial charge < -0.3 is 14.2 Å². The molecule has 0 aliphatic carbocycles. The lowest BCUT2D eigenvalue weighted by molar-refractivity contribution is -0.163. The van der Waals surface area contributed by atoms with E-state index in [2.05, 4.69) is 106 Å². The van der Waals surface area contributed by atoms with Gasteiger partial charge in [-0.3, -0.25) is 9.59 Å². The van der Waals surface area contributed by atoms with Crippen LogP contribution in [0.2, 0.25) is 0 Å². The van der Waals surface area contributed by atoms with E-state index in [9.17, 15) is 9.59 Å². The van der Waals surface area contributed by atoms with E-state index in [1.165, 1.54) is 38.5 Å². The van der Waals surface area contributed by atoms with Crippen LogP contribution in [0, 0.1) is 0 Å². The summed E-state index contributed by atoms with van der Waals surface area (Å²) >= 11 is 0. The van der Waals surface area contributed by atoms with Crippen LogP contribution < -0.4 is 0 Å². The van der Waals surface area contributed by atoms with Crippen molar-refractivity contribution in [2.24, 2.45) is 0 Å². The van der Waals surface area contributed by atoms with Gasteiger partial charge in [-0.1, -0.05) is 157 Å². The monoisotopic (exact) mass is 723 g/mol. The first kappa shape index (κ1) is 49.1. The summed E-state index contributed by atoms with van der Waals surface area (Å²) in [6.07, 6.45) is 54.5. The number of carbonyl (C=O) groups is 2. The second-order valence-electron chi connectivity index (χ2n) is 13.5. The zero-order chi connectivity index (χ0) is 37.8. The van der Waals surface area contributed by atoms with Crippen molar-refractivity contribution < 1.29 is 23.8 Å². The van der Waals surface area contributed by atoms with Crippen LogP contribution in [0.3, 0.4) is 0 Å². The maximum atomic E-state index is 12.6. The number of ether oxygens (including phenoxy) is 3. The highest BCUT2D eigenvalue weighted by Gasteiger charge is 2.17. The fourth-order valence-corrected chi connectivity index (χ4v) is 5.34. The van der Waals surface area contributed by atoms with Crippen molar-refractivity contribution in [1.82, 2.24) is 0 Å². The Balaban J connectivity index is 4.30. The Labute approximate surface area is 320 Å². The van der Waals surface area contributed by atoms with Crippen LogP contribution in [-0.2, 0) is 23.8 Å². The molecule has 296 valence electrons. The van der Waals surface area contributed by atoms with Crippen LogP contribution in [0.5, 0.6) is 0 Å². The normalized spacial score (nSPS) is 13.1. The number of hydrogen-bond acceptors (Lipinski definition) is 5. The molecule has 5 nitrogen and oxygen atoms in total. The molecule has 0 saturated heterocycles. The van der Waals surface area contributed by atoms with E-state index in [1.807, 2.05) is 0 Å². The molecular formula is C47H78O5. The molecule has 52 heavy (non-hydrogen) atoms. The maximum Gasteiger partial charge on any atom is 0.306 e. The summed E-state index contributed by atoms with van der Waals surface area (Å²) in [5, 5.41) is 0. The molecule has 0 bridgehead atoms. The van der Waals surface area contributed by atoms with Gasteiger partial charge in [-0.2, -0.15) is 0 Å². The minimum atomic E-state index is -0.563. The van der Waals surface area contributed by atoms with E-state index < -0.39 is 6.10 Å². The number of esters is 2. The van der Waals surface area contributed by atoms with Gasteiger partial charge in [0.05, 0.1) is 6.61 Å². The third-order valence-electron chi connectivity index (χ3n) is 8.43. The summed E-state index contributed by atoms with van der Waals surface area (Å²) in [6, 6.07) is 0. The Morgan fingerprint density at radius 1 is 0.442 bits per heavy atom. The number of carbonyl (C=O) groups excluding carboxylic acids is 2. The van der Waals surface area contributed by atoms with Crippen LogP contribution in [0.1, 0.15) is 175 Å². The van der Waals surface area contributed by atoms with Gasteiger partial charge in [0.2, 0.25) is 0 Å². The molecule has 0 aromatic heterocycles. The largest absolute Gasteiger partial charge is 0.462 e. The van der Waals surface area contributed by atoms with Crippen molar-refractivity contribution in [2.45, 2.75) is 181 Å². The summed E-state index contributed by atoms with van der Waals surface area (Å²) < 4.78 is 17.2.